The van der Waals surface area contributed by atoms with Crippen molar-refractivity contribution in [2.24, 2.45) is 0 Å². The van der Waals surface area contributed by atoms with Crippen molar-refractivity contribution >= 4 is 34.5 Å². The number of aromatic amines is 1. The lowest BCUT2D eigenvalue weighted by Crippen LogP contribution is -2.11. The topological polar surface area (TPSA) is 74.8 Å². The molecule has 0 aliphatic heterocycles. The number of hydrogen-bond acceptors (Lipinski definition) is 3. The molecule has 0 saturated heterocycles. The van der Waals surface area contributed by atoms with Gasteiger partial charge in [-0.05, 0) is 60.0 Å². The number of ketones is 1. The van der Waals surface area contributed by atoms with E-state index >= 15 is 0 Å². The van der Waals surface area contributed by atoms with Crippen LogP contribution < -0.4 is 5.32 Å². The van der Waals surface area contributed by atoms with Gasteiger partial charge in [0, 0.05) is 11.3 Å². The minimum absolute atomic E-state index is 0.169. The van der Waals surface area contributed by atoms with Crippen LogP contribution in [0.4, 0.5) is 5.69 Å². The molecule has 4 rings (SSSR count). The van der Waals surface area contributed by atoms with Crippen LogP contribution in [0.1, 0.15) is 39.0 Å². The van der Waals surface area contributed by atoms with E-state index in [-0.39, 0.29) is 11.7 Å². The summed E-state index contributed by atoms with van der Waals surface area (Å²) in [5.74, 6) is -0.0706. The number of carbonyl (C=O) groups is 2. The van der Waals surface area contributed by atoms with Crippen LogP contribution in [0.5, 0.6) is 0 Å². The van der Waals surface area contributed by atoms with E-state index in [0.717, 1.165) is 28.7 Å². The number of rotatable bonds is 6. The highest BCUT2D eigenvalue weighted by atomic mass is 16.1. The molecule has 148 valence electrons. The minimum Gasteiger partial charge on any atom is -0.335 e. The lowest BCUT2D eigenvalue weighted by atomic mass is 10.1. The Labute approximate surface area is 174 Å². The molecule has 5 heteroatoms. The fourth-order valence-electron chi connectivity index (χ4n) is 3.14. The molecule has 0 unspecified atom stereocenters. The molecular formula is C25H21N3O2. The van der Waals surface area contributed by atoms with Gasteiger partial charge in [-0.2, -0.15) is 0 Å². The fraction of sp³-hybridized carbons (Fsp3) is 0.0800. The van der Waals surface area contributed by atoms with Crippen molar-refractivity contribution in [2.45, 2.75) is 13.3 Å². The molecule has 1 aromatic heterocycles. The van der Waals surface area contributed by atoms with E-state index in [9.17, 15) is 9.59 Å². The van der Waals surface area contributed by atoms with Crippen LogP contribution in [-0.4, -0.2) is 21.7 Å². The number of allylic oxidation sites excluding steroid dienone is 1. The Balaban J connectivity index is 1.42. The first-order valence-corrected chi connectivity index (χ1v) is 9.80. The summed E-state index contributed by atoms with van der Waals surface area (Å²) in [6, 6.07) is 22.4. The Bertz CT molecular complexity index is 1200. The lowest BCUT2D eigenvalue weighted by molar-refractivity contribution is 0.102. The molecule has 0 aliphatic rings. The Hall–Kier alpha value is -3.99. The fourth-order valence-corrected chi connectivity index (χ4v) is 3.14. The summed E-state index contributed by atoms with van der Waals surface area (Å²) in [7, 11) is 0. The maximum atomic E-state index is 12.5. The molecule has 5 nitrogen and oxygen atoms in total. The third kappa shape index (κ3) is 4.36. The molecule has 30 heavy (non-hydrogen) atoms. The van der Waals surface area contributed by atoms with Gasteiger partial charge in [0.15, 0.2) is 5.82 Å². The third-order valence-corrected chi connectivity index (χ3v) is 4.82. The molecule has 3 aromatic carbocycles. The minimum atomic E-state index is -0.205. The van der Waals surface area contributed by atoms with Gasteiger partial charge in [-0.3, -0.25) is 9.59 Å². The van der Waals surface area contributed by atoms with E-state index in [2.05, 4.69) is 22.2 Å². The number of nitrogens with one attached hydrogen (secondary N) is 2. The average molecular weight is 395 g/mol. The standard InChI is InChI=1S/C25H21N3O2/c1-2-17-6-5-7-20(16-17)26-25(30)19-13-10-18(11-14-19)12-15-23(29)24-27-21-8-3-4-9-22(21)28-24/h3-16H,2H2,1H3,(H,26,30)(H,27,28). The molecule has 0 bridgehead atoms. The summed E-state index contributed by atoms with van der Waals surface area (Å²) < 4.78 is 0. The third-order valence-electron chi connectivity index (χ3n) is 4.82. The second-order valence-corrected chi connectivity index (χ2v) is 6.93. The number of nitrogens with zero attached hydrogens (tertiary/aromatic N) is 1. The SMILES string of the molecule is CCc1cccc(NC(=O)c2ccc(C=CC(=O)c3nc4ccccc4[nH]3)cc2)c1. The van der Waals surface area contributed by atoms with E-state index in [1.807, 2.05) is 48.5 Å². The Morgan fingerprint density at radius 2 is 1.80 bits per heavy atom. The molecule has 0 fully saturated rings. The number of aromatic nitrogens is 2. The molecular weight excluding hydrogens is 374 g/mol. The Morgan fingerprint density at radius 3 is 2.57 bits per heavy atom. The van der Waals surface area contributed by atoms with Gasteiger partial charge in [0.25, 0.3) is 5.91 Å². The summed E-state index contributed by atoms with van der Waals surface area (Å²) in [6.07, 6.45) is 4.10. The highest BCUT2D eigenvalue weighted by molar-refractivity contribution is 6.06. The van der Waals surface area contributed by atoms with Gasteiger partial charge in [-0.1, -0.05) is 49.4 Å². The normalized spacial score (nSPS) is 11.1. The number of benzene rings is 3. The highest BCUT2D eigenvalue weighted by Gasteiger charge is 2.09. The van der Waals surface area contributed by atoms with Crippen molar-refractivity contribution in [3.63, 3.8) is 0 Å². The number of fused-ring (bicyclic) bond motifs is 1. The van der Waals surface area contributed by atoms with Crippen molar-refractivity contribution in [3.8, 4) is 0 Å². The maximum Gasteiger partial charge on any atom is 0.255 e. The van der Waals surface area contributed by atoms with E-state index in [1.165, 1.54) is 11.6 Å². The second-order valence-electron chi connectivity index (χ2n) is 6.93. The van der Waals surface area contributed by atoms with Gasteiger partial charge >= 0.3 is 0 Å². The van der Waals surface area contributed by atoms with Gasteiger partial charge in [-0.15, -0.1) is 0 Å². The maximum absolute atomic E-state index is 12.5. The van der Waals surface area contributed by atoms with Gasteiger partial charge in [0.1, 0.15) is 0 Å². The molecule has 0 spiro atoms. The predicted molar refractivity (Wildman–Crippen MR) is 120 cm³/mol. The van der Waals surface area contributed by atoms with E-state index < -0.39 is 0 Å². The van der Waals surface area contributed by atoms with Crippen LogP contribution in [0.2, 0.25) is 0 Å². The van der Waals surface area contributed by atoms with Crippen molar-refractivity contribution in [1.82, 2.24) is 9.97 Å². The van der Waals surface area contributed by atoms with Gasteiger partial charge in [0.2, 0.25) is 5.78 Å². The summed E-state index contributed by atoms with van der Waals surface area (Å²) >= 11 is 0. The van der Waals surface area contributed by atoms with E-state index in [0.29, 0.717) is 11.4 Å². The summed E-state index contributed by atoms with van der Waals surface area (Å²) in [4.78, 5) is 32.2. The quantitative estimate of drug-likeness (QED) is 0.345. The number of carbonyl (C=O) groups excluding carboxylic acids is 2. The highest BCUT2D eigenvalue weighted by Crippen LogP contribution is 2.15. The van der Waals surface area contributed by atoms with Gasteiger partial charge in [-0.25, -0.2) is 4.98 Å². The van der Waals surface area contributed by atoms with Crippen LogP contribution in [-0.2, 0) is 6.42 Å². The smallest absolute Gasteiger partial charge is 0.255 e. The summed E-state index contributed by atoms with van der Waals surface area (Å²) in [5.41, 5.74) is 4.91. The first kappa shape index (κ1) is 19.3. The summed E-state index contributed by atoms with van der Waals surface area (Å²) in [5, 5.41) is 2.91. The summed E-state index contributed by atoms with van der Waals surface area (Å²) in [6.45, 7) is 2.08. The molecule has 4 aromatic rings. The van der Waals surface area contributed by atoms with E-state index in [1.54, 1.807) is 30.3 Å². The number of hydrogen-bond donors (Lipinski definition) is 2. The monoisotopic (exact) mass is 395 g/mol. The number of anilines is 1. The molecule has 0 saturated carbocycles. The number of amides is 1. The first-order valence-electron chi connectivity index (χ1n) is 9.80. The molecule has 0 atom stereocenters. The van der Waals surface area contributed by atoms with Crippen LogP contribution in [0.3, 0.4) is 0 Å². The van der Waals surface area contributed by atoms with Crippen LogP contribution in [0.15, 0.2) is 78.9 Å². The zero-order valence-corrected chi connectivity index (χ0v) is 16.6. The van der Waals surface area contributed by atoms with Crippen molar-refractivity contribution < 1.29 is 9.59 Å². The van der Waals surface area contributed by atoms with Crippen LogP contribution >= 0.6 is 0 Å². The Kier molecular flexibility index (Phi) is 5.52. The number of para-hydroxylation sites is 2. The van der Waals surface area contributed by atoms with E-state index in [4.69, 9.17) is 0 Å². The first-order chi connectivity index (χ1) is 14.6. The van der Waals surface area contributed by atoms with Gasteiger partial charge in [0.05, 0.1) is 11.0 Å². The molecule has 1 amide bonds. The van der Waals surface area contributed by atoms with Crippen molar-refractivity contribution in [1.29, 1.82) is 0 Å². The zero-order chi connectivity index (χ0) is 20.9. The number of H-pyrrole nitrogens is 1. The second kappa shape index (κ2) is 8.57. The molecule has 2 N–H and O–H groups in total. The van der Waals surface area contributed by atoms with Crippen molar-refractivity contribution in [2.75, 3.05) is 5.32 Å². The largest absolute Gasteiger partial charge is 0.335 e. The number of aryl methyl sites for hydroxylation is 1. The van der Waals surface area contributed by atoms with Crippen molar-refractivity contribution in [3.05, 3.63) is 101 Å². The van der Waals surface area contributed by atoms with Crippen LogP contribution in [0, 0.1) is 0 Å². The van der Waals surface area contributed by atoms with Crippen LogP contribution in [0.25, 0.3) is 17.1 Å². The molecule has 1 heterocycles. The molecule has 0 radical (unpaired) electrons. The predicted octanol–water partition coefficient (Wildman–Crippen LogP) is 5.27. The Morgan fingerprint density at radius 1 is 1.00 bits per heavy atom. The molecule has 0 aliphatic carbocycles. The zero-order valence-electron chi connectivity index (χ0n) is 16.6. The van der Waals surface area contributed by atoms with Gasteiger partial charge < -0.3 is 10.3 Å². The lowest BCUT2D eigenvalue weighted by Gasteiger charge is -2.07. The average Bonchev–Trinajstić information content (AvgIpc) is 3.22. The number of imidazole rings is 1.